The fourth-order valence-electron chi connectivity index (χ4n) is 4.12. The van der Waals surface area contributed by atoms with Crippen molar-refractivity contribution >= 4 is 22.8 Å². The van der Waals surface area contributed by atoms with Crippen molar-refractivity contribution in [1.29, 1.82) is 0 Å². The van der Waals surface area contributed by atoms with E-state index in [0.29, 0.717) is 18.1 Å². The van der Waals surface area contributed by atoms with E-state index in [1.807, 2.05) is 18.2 Å². The van der Waals surface area contributed by atoms with Crippen LogP contribution >= 0.6 is 0 Å². The number of ether oxygens (including phenoxy) is 1. The van der Waals surface area contributed by atoms with Crippen LogP contribution in [0.15, 0.2) is 24.4 Å². The van der Waals surface area contributed by atoms with E-state index in [-0.39, 0.29) is 24.2 Å². The third-order valence-corrected chi connectivity index (χ3v) is 5.90. The van der Waals surface area contributed by atoms with Crippen LogP contribution in [-0.4, -0.2) is 52.4 Å². The molecule has 1 aromatic carbocycles. The first-order valence-electron chi connectivity index (χ1n) is 10.8. The number of benzene rings is 1. The Kier molecular flexibility index (Phi) is 6.56. The fraction of sp³-hybridized carbons (Fsp3) is 0.591. The number of anilines is 1. The largest absolute Gasteiger partial charge is 0.393 e. The molecule has 1 aliphatic heterocycles. The Bertz CT molecular complexity index is 830. The van der Waals surface area contributed by atoms with Gasteiger partial charge in [-0.15, -0.1) is 0 Å². The molecule has 2 heterocycles. The number of amides is 1. The molecule has 1 atom stereocenters. The Hall–Kier alpha value is -2.25. The minimum absolute atomic E-state index is 0.0860. The Morgan fingerprint density at radius 3 is 2.83 bits per heavy atom. The van der Waals surface area contributed by atoms with Crippen molar-refractivity contribution in [3.63, 3.8) is 0 Å². The van der Waals surface area contributed by atoms with E-state index in [0.717, 1.165) is 62.5 Å². The molecule has 0 radical (unpaired) electrons. The lowest BCUT2D eigenvalue weighted by molar-refractivity contribution is 0.0117. The second-order valence-corrected chi connectivity index (χ2v) is 8.15. The Balaban J connectivity index is 1.36. The number of carbonyl (C=O) groups is 1. The Morgan fingerprint density at radius 2 is 2.03 bits per heavy atom. The van der Waals surface area contributed by atoms with Crippen LogP contribution in [0.1, 0.15) is 61.7 Å². The number of aliphatic hydroxyl groups is 1. The smallest absolute Gasteiger partial charge is 0.251 e. The highest BCUT2D eigenvalue weighted by atomic mass is 16.5. The molecule has 0 bridgehead atoms. The van der Waals surface area contributed by atoms with E-state index >= 15 is 0 Å². The predicted octanol–water partition coefficient (Wildman–Crippen LogP) is 3.03. The van der Waals surface area contributed by atoms with Gasteiger partial charge in [0.05, 0.1) is 17.7 Å². The number of aliphatic hydroxyl groups excluding tert-OH is 1. The molecule has 2 aliphatic rings. The summed E-state index contributed by atoms with van der Waals surface area (Å²) in [6.45, 7) is 1.45. The van der Waals surface area contributed by atoms with Crippen LogP contribution in [-0.2, 0) is 4.74 Å². The van der Waals surface area contributed by atoms with Gasteiger partial charge in [-0.25, -0.2) is 9.97 Å². The lowest BCUT2D eigenvalue weighted by Crippen LogP contribution is -2.29. The molecular weight excluding hydrogens is 368 g/mol. The number of nitrogens with one attached hydrogen (secondary N) is 2. The number of hydrogen-bond donors (Lipinski definition) is 3. The molecule has 1 amide bonds. The molecule has 0 spiro atoms. The highest BCUT2D eigenvalue weighted by Gasteiger charge is 2.20. The van der Waals surface area contributed by atoms with Gasteiger partial charge in [0.2, 0.25) is 5.95 Å². The van der Waals surface area contributed by atoms with Gasteiger partial charge in [0.25, 0.3) is 5.91 Å². The SMILES string of the molecule is O=C(NCCC1CCCCO1)c1ccc2cnc(N[C@H]3CC[C@H](O)CC3)nc2c1. The van der Waals surface area contributed by atoms with Gasteiger partial charge in [-0.05, 0) is 63.5 Å². The van der Waals surface area contributed by atoms with Crippen molar-refractivity contribution in [2.45, 2.75) is 69.6 Å². The maximum Gasteiger partial charge on any atom is 0.251 e. The number of nitrogens with zero attached hydrogens (tertiary/aromatic N) is 2. The molecule has 1 unspecified atom stereocenters. The van der Waals surface area contributed by atoms with Gasteiger partial charge in [0.15, 0.2) is 0 Å². The molecule has 7 heteroatoms. The van der Waals surface area contributed by atoms with Crippen LogP contribution < -0.4 is 10.6 Å². The third kappa shape index (κ3) is 5.42. The van der Waals surface area contributed by atoms with Crippen LogP contribution in [0.5, 0.6) is 0 Å². The van der Waals surface area contributed by atoms with E-state index in [4.69, 9.17) is 4.74 Å². The third-order valence-electron chi connectivity index (χ3n) is 5.90. The van der Waals surface area contributed by atoms with Crippen molar-refractivity contribution in [1.82, 2.24) is 15.3 Å². The van der Waals surface area contributed by atoms with Gasteiger partial charge in [0.1, 0.15) is 0 Å². The van der Waals surface area contributed by atoms with Gasteiger partial charge in [-0.1, -0.05) is 6.07 Å². The summed E-state index contributed by atoms with van der Waals surface area (Å²) in [5.74, 6) is 0.489. The quantitative estimate of drug-likeness (QED) is 0.692. The molecule has 7 nitrogen and oxygen atoms in total. The van der Waals surface area contributed by atoms with Gasteiger partial charge >= 0.3 is 0 Å². The zero-order valence-corrected chi connectivity index (χ0v) is 16.8. The molecule has 4 rings (SSSR count). The lowest BCUT2D eigenvalue weighted by atomic mass is 9.93. The summed E-state index contributed by atoms with van der Waals surface area (Å²) in [5, 5.41) is 16.9. The molecule has 2 fully saturated rings. The molecule has 1 aliphatic carbocycles. The Labute approximate surface area is 171 Å². The van der Waals surface area contributed by atoms with Crippen LogP contribution in [0.2, 0.25) is 0 Å². The summed E-state index contributed by atoms with van der Waals surface area (Å²) < 4.78 is 5.72. The van der Waals surface area contributed by atoms with E-state index in [9.17, 15) is 9.90 Å². The van der Waals surface area contributed by atoms with Gasteiger partial charge in [0, 0.05) is 36.3 Å². The van der Waals surface area contributed by atoms with Gasteiger partial charge in [-0.3, -0.25) is 4.79 Å². The number of rotatable bonds is 6. The standard InChI is InChI=1S/C22H30N4O3/c27-18-8-6-17(7-9-18)25-22-24-14-16-5-4-15(13-20(16)26-22)21(28)23-11-10-19-3-1-2-12-29-19/h4-5,13-14,17-19,27H,1-3,6-12H2,(H,23,28)(H,24,25,26)/t17-,18-,19?. The monoisotopic (exact) mass is 398 g/mol. The maximum atomic E-state index is 12.5. The van der Waals surface area contributed by atoms with Crippen molar-refractivity contribution in [3.05, 3.63) is 30.0 Å². The molecule has 156 valence electrons. The van der Waals surface area contributed by atoms with Crippen molar-refractivity contribution in [2.24, 2.45) is 0 Å². The Morgan fingerprint density at radius 1 is 1.17 bits per heavy atom. The van der Waals surface area contributed by atoms with Gasteiger partial charge in [-0.2, -0.15) is 0 Å². The highest BCUT2D eigenvalue weighted by Crippen LogP contribution is 2.22. The van der Waals surface area contributed by atoms with Crippen molar-refractivity contribution < 1.29 is 14.6 Å². The molecule has 3 N–H and O–H groups in total. The normalized spacial score (nSPS) is 24.9. The van der Waals surface area contributed by atoms with E-state index in [2.05, 4.69) is 20.6 Å². The summed E-state index contributed by atoms with van der Waals surface area (Å²) in [6, 6.07) is 5.80. The van der Waals surface area contributed by atoms with E-state index in [1.54, 1.807) is 6.20 Å². The predicted molar refractivity (Wildman–Crippen MR) is 112 cm³/mol. The summed E-state index contributed by atoms with van der Waals surface area (Å²) in [4.78, 5) is 21.5. The zero-order valence-electron chi connectivity index (χ0n) is 16.8. The first-order valence-corrected chi connectivity index (χ1v) is 10.8. The maximum absolute atomic E-state index is 12.5. The van der Waals surface area contributed by atoms with Crippen molar-refractivity contribution in [2.75, 3.05) is 18.5 Å². The minimum atomic E-state index is -0.184. The summed E-state index contributed by atoms with van der Waals surface area (Å²) in [5.41, 5.74) is 1.36. The second kappa shape index (κ2) is 9.50. The first-order chi connectivity index (χ1) is 14.2. The summed E-state index contributed by atoms with van der Waals surface area (Å²) >= 11 is 0. The number of carbonyl (C=O) groups excluding carboxylic acids is 1. The lowest BCUT2D eigenvalue weighted by Gasteiger charge is -2.26. The van der Waals surface area contributed by atoms with Crippen LogP contribution in [0.4, 0.5) is 5.95 Å². The average Bonchev–Trinajstić information content (AvgIpc) is 2.75. The molecule has 1 saturated heterocycles. The van der Waals surface area contributed by atoms with E-state index in [1.165, 1.54) is 6.42 Å². The fourth-order valence-corrected chi connectivity index (χ4v) is 4.12. The average molecular weight is 399 g/mol. The zero-order chi connectivity index (χ0) is 20.1. The van der Waals surface area contributed by atoms with Crippen molar-refractivity contribution in [3.8, 4) is 0 Å². The second-order valence-electron chi connectivity index (χ2n) is 8.15. The van der Waals surface area contributed by atoms with Crippen LogP contribution in [0.25, 0.3) is 10.9 Å². The van der Waals surface area contributed by atoms with E-state index < -0.39 is 0 Å². The summed E-state index contributed by atoms with van der Waals surface area (Å²) in [7, 11) is 0. The number of fused-ring (bicyclic) bond motifs is 1. The molecule has 29 heavy (non-hydrogen) atoms. The molecule has 2 aromatic rings. The van der Waals surface area contributed by atoms with Gasteiger partial charge < -0.3 is 20.5 Å². The molecular formula is C22H30N4O3. The number of hydrogen-bond acceptors (Lipinski definition) is 6. The number of aromatic nitrogens is 2. The summed E-state index contributed by atoms with van der Waals surface area (Å²) in [6.07, 6.45) is 9.59. The highest BCUT2D eigenvalue weighted by molar-refractivity contribution is 5.97. The minimum Gasteiger partial charge on any atom is -0.393 e. The van der Waals surface area contributed by atoms with Crippen LogP contribution in [0.3, 0.4) is 0 Å². The molecule has 1 aromatic heterocycles. The van der Waals surface area contributed by atoms with Crippen LogP contribution in [0, 0.1) is 0 Å². The first kappa shape index (κ1) is 20.0. The topological polar surface area (TPSA) is 96.4 Å². The molecule has 1 saturated carbocycles.